The zero-order chi connectivity index (χ0) is 15.5. The van der Waals surface area contributed by atoms with Gasteiger partial charge in [-0.2, -0.15) is 4.98 Å². The van der Waals surface area contributed by atoms with Crippen molar-refractivity contribution in [2.45, 2.75) is 25.3 Å². The Balaban J connectivity index is 1.93. The molecule has 0 aliphatic carbocycles. The summed E-state index contributed by atoms with van der Waals surface area (Å²) in [7, 11) is 3.87. The Labute approximate surface area is 129 Å². The van der Waals surface area contributed by atoms with E-state index in [1.807, 2.05) is 43.3 Å². The smallest absolute Gasteiger partial charge is 0.227 e. The van der Waals surface area contributed by atoms with E-state index < -0.39 is 0 Å². The number of rotatable bonds is 3. The lowest BCUT2D eigenvalue weighted by atomic mass is 10.1. The Bertz CT molecular complexity index is 685. The topological polar surface area (TPSA) is 70.2 Å². The average Bonchev–Trinajstić information content (AvgIpc) is 2.72. The van der Waals surface area contributed by atoms with Gasteiger partial charge in [0.25, 0.3) is 0 Å². The summed E-state index contributed by atoms with van der Waals surface area (Å²) in [5.74, 6) is 1.66. The molecule has 1 amide bonds. The van der Waals surface area contributed by atoms with Gasteiger partial charge in [-0.05, 0) is 25.0 Å². The largest absolute Gasteiger partial charge is 0.367 e. The van der Waals surface area contributed by atoms with Crippen molar-refractivity contribution < 1.29 is 4.79 Å². The van der Waals surface area contributed by atoms with Crippen molar-refractivity contribution in [3.63, 3.8) is 0 Å². The lowest BCUT2D eigenvalue weighted by Gasteiger charge is -2.19. The number of hydrogen-bond donors (Lipinski definition) is 2. The fraction of sp³-hybridized carbons (Fsp3) is 0.438. The molecule has 1 aromatic carbocycles. The Hall–Kier alpha value is -2.37. The van der Waals surface area contributed by atoms with Gasteiger partial charge in [0.15, 0.2) is 0 Å². The predicted molar refractivity (Wildman–Crippen MR) is 88.1 cm³/mol. The van der Waals surface area contributed by atoms with E-state index in [0.29, 0.717) is 18.9 Å². The Morgan fingerprint density at radius 3 is 2.86 bits per heavy atom. The summed E-state index contributed by atoms with van der Waals surface area (Å²) in [5.41, 5.74) is 0.923. The van der Waals surface area contributed by atoms with Crippen LogP contribution in [0.2, 0.25) is 0 Å². The lowest BCUT2D eigenvalue weighted by Crippen LogP contribution is -2.24. The molecule has 2 heterocycles. The fourth-order valence-electron chi connectivity index (χ4n) is 2.64. The third kappa shape index (κ3) is 3.10. The normalized spacial score (nSPS) is 18.6. The van der Waals surface area contributed by atoms with Crippen LogP contribution in [0.3, 0.4) is 0 Å². The van der Waals surface area contributed by atoms with Crippen molar-refractivity contribution in [3.8, 4) is 0 Å². The molecule has 0 saturated carbocycles. The minimum atomic E-state index is 0.130. The number of nitrogens with one attached hydrogen (secondary N) is 2. The first-order chi connectivity index (χ1) is 10.6. The van der Waals surface area contributed by atoms with Gasteiger partial charge >= 0.3 is 0 Å². The van der Waals surface area contributed by atoms with Crippen molar-refractivity contribution in [2.24, 2.45) is 0 Å². The van der Waals surface area contributed by atoms with Crippen LogP contribution in [0.4, 0.5) is 11.8 Å². The minimum absolute atomic E-state index is 0.130. The fourth-order valence-corrected chi connectivity index (χ4v) is 2.64. The molecule has 2 N–H and O–H groups in total. The molecule has 1 saturated heterocycles. The lowest BCUT2D eigenvalue weighted by molar-refractivity contribution is -0.120. The molecule has 116 valence electrons. The maximum Gasteiger partial charge on any atom is 0.227 e. The SMILES string of the molecule is CN(C)c1nc(NC2CCNC(=O)CC2)c2ccccc2n1. The van der Waals surface area contributed by atoms with E-state index >= 15 is 0 Å². The Kier molecular flexibility index (Phi) is 4.09. The molecule has 6 nitrogen and oxygen atoms in total. The average molecular weight is 299 g/mol. The van der Waals surface area contributed by atoms with Crippen LogP contribution in [0, 0.1) is 0 Å². The third-order valence-electron chi connectivity index (χ3n) is 3.87. The van der Waals surface area contributed by atoms with E-state index in [1.165, 1.54) is 0 Å². The highest BCUT2D eigenvalue weighted by Gasteiger charge is 2.18. The van der Waals surface area contributed by atoms with E-state index in [1.54, 1.807) is 0 Å². The molecule has 0 spiro atoms. The number of aromatic nitrogens is 2. The third-order valence-corrected chi connectivity index (χ3v) is 3.87. The summed E-state index contributed by atoms with van der Waals surface area (Å²) >= 11 is 0. The number of para-hydroxylation sites is 1. The molecule has 3 rings (SSSR count). The van der Waals surface area contributed by atoms with Crippen LogP contribution in [0.25, 0.3) is 10.9 Å². The van der Waals surface area contributed by atoms with Crippen molar-refractivity contribution in [1.82, 2.24) is 15.3 Å². The summed E-state index contributed by atoms with van der Waals surface area (Å²) < 4.78 is 0. The zero-order valence-corrected chi connectivity index (χ0v) is 13.0. The molecule has 1 aliphatic rings. The Morgan fingerprint density at radius 1 is 1.23 bits per heavy atom. The van der Waals surface area contributed by atoms with Crippen LogP contribution in [-0.4, -0.2) is 42.6 Å². The predicted octanol–water partition coefficient (Wildman–Crippen LogP) is 1.78. The van der Waals surface area contributed by atoms with Crippen molar-refractivity contribution in [3.05, 3.63) is 24.3 Å². The van der Waals surface area contributed by atoms with E-state index in [0.717, 1.165) is 29.6 Å². The second-order valence-electron chi connectivity index (χ2n) is 5.80. The summed E-state index contributed by atoms with van der Waals surface area (Å²) in [4.78, 5) is 22.6. The number of carbonyl (C=O) groups excluding carboxylic acids is 1. The number of anilines is 2. The van der Waals surface area contributed by atoms with Gasteiger partial charge in [-0.15, -0.1) is 0 Å². The molecule has 2 aromatic rings. The number of amides is 1. The molecule has 1 aliphatic heterocycles. The van der Waals surface area contributed by atoms with Gasteiger partial charge in [0.1, 0.15) is 5.82 Å². The van der Waals surface area contributed by atoms with Gasteiger partial charge in [0.2, 0.25) is 11.9 Å². The molecule has 0 bridgehead atoms. The second kappa shape index (κ2) is 6.17. The maximum absolute atomic E-state index is 11.5. The molecule has 22 heavy (non-hydrogen) atoms. The highest BCUT2D eigenvalue weighted by molar-refractivity contribution is 5.90. The Morgan fingerprint density at radius 2 is 2.05 bits per heavy atom. The maximum atomic E-state index is 11.5. The van der Waals surface area contributed by atoms with Gasteiger partial charge in [-0.3, -0.25) is 4.79 Å². The van der Waals surface area contributed by atoms with Crippen molar-refractivity contribution >= 4 is 28.6 Å². The molecule has 1 atom stereocenters. The van der Waals surface area contributed by atoms with E-state index in [9.17, 15) is 4.79 Å². The first-order valence-electron chi connectivity index (χ1n) is 7.61. The first-order valence-corrected chi connectivity index (χ1v) is 7.61. The minimum Gasteiger partial charge on any atom is -0.367 e. The van der Waals surface area contributed by atoms with Gasteiger partial charge in [-0.25, -0.2) is 4.98 Å². The van der Waals surface area contributed by atoms with E-state index in [4.69, 9.17) is 0 Å². The summed E-state index contributed by atoms with van der Waals surface area (Å²) in [5, 5.41) is 7.43. The number of fused-ring (bicyclic) bond motifs is 1. The summed E-state index contributed by atoms with van der Waals surface area (Å²) in [6.07, 6.45) is 2.28. The number of benzene rings is 1. The molecule has 1 unspecified atom stereocenters. The van der Waals surface area contributed by atoms with E-state index in [2.05, 4.69) is 20.6 Å². The van der Waals surface area contributed by atoms with Crippen LogP contribution in [0.1, 0.15) is 19.3 Å². The van der Waals surface area contributed by atoms with Crippen LogP contribution < -0.4 is 15.5 Å². The van der Waals surface area contributed by atoms with Gasteiger partial charge in [-0.1, -0.05) is 12.1 Å². The molecule has 1 fully saturated rings. The van der Waals surface area contributed by atoms with E-state index in [-0.39, 0.29) is 11.9 Å². The number of hydrogen-bond acceptors (Lipinski definition) is 5. The first kappa shape index (κ1) is 14.6. The van der Waals surface area contributed by atoms with Gasteiger partial charge < -0.3 is 15.5 Å². The zero-order valence-electron chi connectivity index (χ0n) is 13.0. The number of carbonyl (C=O) groups is 1. The molecular formula is C16H21N5O. The van der Waals surface area contributed by atoms with Crippen molar-refractivity contribution in [1.29, 1.82) is 0 Å². The summed E-state index contributed by atoms with van der Waals surface area (Å²) in [6, 6.07) is 8.23. The van der Waals surface area contributed by atoms with Crippen LogP contribution in [-0.2, 0) is 4.79 Å². The molecule has 1 aromatic heterocycles. The van der Waals surface area contributed by atoms with Gasteiger partial charge in [0.05, 0.1) is 5.52 Å². The quantitative estimate of drug-likeness (QED) is 0.904. The highest BCUT2D eigenvalue weighted by atomic mass is 16.1. The van der Waals surface area contributed by atoms with Crippen LogP contribution >= 0.6 is 0 Å². The van der Waals surface area contributed by atoms with Crippen LogP contribution in [0.5, 0.6) is 0 Å². The standard InChI is InChI=1S/C16H21N5O/c1-21(2)16-19-13-6-4-3-5-12(13)15(20-16)18-11-7-8-14(22)17-10-9-11/h3-6,11H,7-10H2,1-2H3,(H,17,22)(H,18,19,20). The highest BCUT2D eigenvalue weighted by Crippen LogP contribution is 2.24. The second-order valence-corrected chi connectivity index (χ2v) is 5.80. The van der Waals surface area contributed by atoms with Crippen molar-refractivity contribution in [2.75, 3.05) is 30.9 Å². The summed E-state index contributed by atoms with van der Waals surface area (Å²) in [6.45, 7) is 0.708. The molecule has 0 radical (unpaired) electrons. The number of nitrogens with zero attached hydrogens (tertiary/aromatic N) is 3. The van der Waals surface area contributed by atoms with Gasteiger partial charge in [0, 0.05) is 38.5 Å². The molecular weight excluding hydrogens is 278 g/mol. The monoisotopic (exact) mass is 299 g/mol. The van der Waals surface area contributed by atoms with Crippen LogP contribution in [0.15, 0.2) is 24.3 Å². The molecule has 6 heteroatoms.